The van der Waals surface area contributed by atoms with Crippen LogP contribution in [0.25, 0.3) is 0 Å². The second-order valence-electron chi connectivity index (χ2n) is 4.62. The average Bonchev–Trinajstić information content (AvgIpc) is 2.41. The van der Waals surface area contributed by atoms with Gasteiger partial charge in [0, 0.05) is 30.9 Å². The van der Waals surface area contributed by atoms with E-state index in [1.54, 1.807) is 11.3 Å². The van der Waals surface area contributed by atoms with E-state index in [-0.39, 0.29) is 0 Å². The lowest BCUT2D eigenvalue weighted by Crippen LogP contribution is -2.30. The quantitative estimate of drug-likeness (QED) is 0.834. The molecule has 2 rings (SSSR count). The monoisotopic (exact) mass is 225 g/mol. The van der Waals surface area contributed by atoms with E-state index < -0.39 is 0 Å². The second-order valence-corrected chi connectivity index (χ2v) is 5.73. The smallest absolute Gasteiger partial charge is 0.180 e. The summed E-state index contributed by atoms with van der Waals surface area (Å²) in [6.45, 7) is 8.04. The van der Waals surface area contributed by atoms with Gasteiger partial charge in [-0.3, -0.25) is 0 Å². The van der Waals surface area contributed by atoms with Crippen molar-refractivity contribution in [2.75, 3.05) is 25.4 Å². The van der Waals surface area contributed by atoms with E-state index in [1.807, 2.05) is 0 Å². The first-order valence-electron chi connectivity index (χ1n) is 5.61. The summed E-state index contributed by atoms with van der Waals surface area (Å²) < 4.78 is 0. The Kier molecular flexibility index (Phi) is 3.26. The minimum atomic E-state index is 0.734. The largest absolute Gasteiger partial charge is 0.375 e. The van der Waals surface area contributed by atoms with Crippen LogP contribution < -0.4 is 5.73 Å². The topological polar surface area (TPSA) is 42.2 Å². The summed E-state index contributed by atoms with van der Waals surface area (Å²) >= 11 is 1.66. The molecule has 1 aromatic heterocycles. The van der Waals surface area contributed by atoms with Crippen LogP contribution in [0.4, 0.5) is 5.13 Å². The molecule has 0 fully saturated rings. The maximum absolute atomic E-state index is 5.72. The third-order valence-electron chi connectivity index (χ3n) is 2.74. The fourth-order valence-corrected chi connectivity index (χ4v) is 3.00. The molecule has 0 radical (unpaired) electrons. The lowest BCUT2D eigenvalue weighted by Gasteiger charge is -2.21. The third kappa shape index (κ3) is 2.69. The molecular weight excluding hydrogens is 206 g/mol. The van der Waals surface area contributed by atoms with Gasteiger partial charge in [-0.2, -0.15) is 0 Å². The van der Waals surface area contributed by atoms with Gasteiger partial charge in [0.1, 0.15) is 0 Å². The Morgan fingerprint density at radius 2 is 2.13 bits per heavy atom. The molecule has 1 aliphatic rings. The minimum absolute atomic E-state index is 0.734. The van der Waals surface area contributed by atoms with Crippen LogP contribution in [0.2, 0.25) is 0 Å². The molecule has 15 heavy (non-hydrogen) atoms. The third-order valence-corrected chi connectivity index (χ3v) is 3.72. The highest BCUT2D eigenvalue weighted by molar-refractivity contribution is 7.15. The first-order chi connectivity index (χ1) is 7.15. The number of aromatic nitrogens is 1. The van der Waals surface area contributed by atoms with E-state index in [9.17, 15) is 0 Å². The van der Waals surface area contributed by atoms with Gasteiger partial charge in [-0.25, -0.2) is 4.98 Å². The number of fused-ring (bicyclic) bond motifs is 1. The normalized spacial score (nSPS) is 17.8. The number of hydrogen-bond donors (Lipinski definition) is 1. The summed E-state index contributed by atoms with van der Waals surface area (Å²) in [4.78, 5) is 8.33. The minimum Gasteiger partial charge on any atom is -0.375 e. The summed E-state index contributed by atoms with van der Waals surface area (Å²) in [5, 5.41) is 0.734. The van der Waals surface area contributed by atoms with Crippen LogP contribution in [0, 0.1) is 5.92 Å². The Morgan fingerprint density at radius 1 is 1.40 bits per heavy atom. The number of rotatable bonds is 2. The number of nitrogens with zero attached hydrogens (tertiary/aromatic N) is 2. The summed E-state index contributed by atoms with van der Waals surface area (Å²) in [5.41, 5.74) is 6.96. The lowest BCUT2D eigenvalue weighted by molar-refractivity contribution is 0.255. The molecule has 0 saturated heterocycles. The molecule has 0 unspecified atom stereocenters. The standard InChI is InChI=1S/C11H19N3S/c1-8(2)7-14-5-3-9-10(4-6-14)15-11(12)13-9/h8H,3-7H2,1-2H3,(H2,12,13). The van der Waals surface area contributed by atoms with E-state index in [4.69, 9.17) is 5.73 Å². The van der Waals surface area contributed by atoms with Gasteiger partial charge >= 0.3 is 0 Å². The second kappa shape index (κ2) is 4.49. The Morgan fingerprint density at radius 3 is 2.87 bits per heavy atom. The Labute approximate surface area is 95.3 Å². The molecule has 0 saturated carbocycles. The molecule has 3 nitrogen and oxygen atoms in total. The van der Waals surface area contributed by atoms with Gasteiger partial charge in [0.2, 0.25) is 0 Å². The number of nitrogen functional groups attached to an aromatic ring is 1. The zero-order valence-corrected chi connectivity index (χ0v) is 10.3. The predicted octanol–water partition coefficient (Wildman–Crippen LogP) is 1.78. The van der Waals surface area contributed by atoms with Gasteiger partial charge in [0.25, 0.3) is 0 Å². The highest BCUT2D eigenvalue weighted by Gasteiger charge is 2.17. The van der Waals surface area contributed by atoms with Gasteiger partial charge < -0.3 is 10.6 Å². The van der Waals surface area contributed by atoms with Gasteiger partial charge in [-0.1, -0.05) is 13.8 Å². The van der Waals surface area contributed by atoms with Crippen molar-refractivity contribution in [1.29, 1.82) is 0 Å². The van der Waals surface area contributed by atoms with Crippen LogP contribution in [0.1, 0.15) is 24.4 Å². The maximum Gasteiger partial charge on any atom is 0.180 e. The van der Waals surface area contributed by atoms with Crippen molar-refractivity contribution in [2.45, 2.75) is 26.7 Å². The molecule has 0 bridgehead atoms. The SMILES string of the molecule is CC(C)CN1CCc2nc(N)sc2CC1. The summed E-state index contributed by atoms with van der Waals surface area (Å²) in [6, 6.07) is 0. The Balaban J connectivity index is 2.00. The first-order valence-corrected chi connectivity index (χ1v) is 6.43. The van der Waals surface area contributed by atoms with Gasteiger partial charge in [-0.05, 0) is 12.3 Å². The maximum atomic E-state index is 5.72. The van der Waals surface area contributed by atoms with E-state index in [1.165, 1.54) is 17.1 Å². The zero-order chi connectivity index (χ0) is 10.8. The van der Waals surface area contributed by atoms with Crippen LogP contribution >= 0.6 is 11.3 Å². The van der Waals surface area contributed by atoms with Gasteiger partial charge in [0.05, 0.1) is 5.69 Å². The number of anilines is 1. The van der Waals surface area contributed by atoms with Crippen LogP contribution in [0.15, 0.2) is 0 Å². The average molecular weight is 225 g/mol. The molecule has 4 heteroatoms. The number of thiazole rings is 1. The fraction of sp³-hybridized carbons (Fsp3) is 0.727. The summed E-state index contributed by atoms with van der Waals surface area (Å²) in [6.07, 6.45) is 2.19. The van der Waals surface area contributed by atoms with Gasteiger partial charge in [0.15, 0.2) is 5.13 Å². The highest BCUT2D eigenvalue weighted by atomic mass is 32.1. The van der Waals surface area contributed by atoms with Crippen molar-refractivity contribution in [2.24, 2.45) is 5.92 Å². The van der Waals surface area contributed by atoms with Crippen molar-refractivity contribution in [3.63, 3.8) is 0 Å². The van der Waals surface area contributed by atoms with Crippen LogP contribution in [0.5, 0.6) is 0 Å². The molecule has 2 heterocycles. The number of hydrogen-bond acceptors (Lipinski definition) is 4. The predicted molar refractivity (Wildman–Crippen MR) is 65.2 cm³/mol. The van der Waals surface area contributed by atoms with E-state index in [0.717, 1.165) is 37.0 Å². The summed E-state index contributed by atoms with van der Waals surface area (Å²) in [5.74, 6) is 0.749. The molecular formula is C11H19N3S. The molecule has 84 valence electrons. The Bertz CT molecular complexity index is 307. The molecule has 1 aromatic rings. The Hall–Kier alpha value is -0.610. The van der Waals surface area contributed by atoms with Crippen molar-refractivity contribution in [1.82, 2.24) is 9.88 Å². The fourth-order valence-electron chi connectivity index (χ4n) is 2.13. The molecule has 0 atom stereocenters. The molecule has 1 aliphatic heterocycles. The molecule has 0 aliphatic carbocycles. The molecule has 0 spiro atoms. The molecule has 2 N–H and O–H groups in total. The zero-order valence-electron chi connectivity index (χ0n) is 9.49. The van der Waals surface area contributed by atoms with Crippen molar-refractivity contribution < 1.29 is 0 Å². The van der Waals surface area contributed by atoms with E-state index >= 15 is 0 Å². The van der Waals surface area contributed by atoms with Crippen LogP contribution in [0.3, 0.4) is 0 Å². The molecule has 0 aromatic carbocycles. The van der Waals surface area contributed by atoms with E-state index in [2.05, 4.69) is 23.7 Å². The van der Waals surface area contributed by atoms with Crippen molar-refractivity contribution in [3.8, 4) is 0 Å². The summed E-state index contributed by atoms with van der Waals surface area (Å²) in [7, 11) is 0. The van der Waals surface area contributed by atoms with E-state index in [0.29, 0.717) is 0 Å². The lowest BCUT2D eigenvalue weighted by atomic mass is 10.2. The first kappa shape index (κ1) is 10.9. The van der Waals surface area contributed by atoms with Gasteiger partial charge in [-0.15, -0.1) is 11.3 Å². The van der Waals surface area contributed by atoms with Crippen LogP contribution in [-0.2, 0) is 12.8 Å². The van der Waals surface area contributed by atoms with Crippen molar-refractivity contribution >= 4 is 16.5 Å². The van der Waals surface area contributed by atoms with Crippen molar-refractivity contribution in [3.05, 3.63) is 10.6 Å². The van der Waals surface area contributed by atoms with Crippen LogP contribution in [-0.4, -0.2) is 29.5 Å². The highest BCUT2D eigenvalue weighted by Crippen LogP contribution is 2.24. The molecule has 0 amide bonds. The number of nitrogens with two attached hydrogens (primary N) is 1.